The van der Waals surface area contributed by atoms with E-state index in [1.54, 1.807) is 12.1 Å². The molecule has 1 heterocycles. The number of benzene rings is 2. The number of nitrogens with zero attached hydrogens (tertiary/aromatic N) is 2. The van der Waals surface area contributed by atoms with Gasteiger partial charge in [-0.05, 0) is 60.1 Å². The van der Waals surface area contributed by atoms with Gasteiger partial charge in [-0.2, -0.15) is 0 Å². The molecule has 2 aromatic carbocycles. The van der Waals surface area contributed by atoms with Crippen molar-refractivity contribution in [1.29, 1.82) is 0 Å². The molecule has 0 amide bonds. The molecule has 1 aliphatic carbocycles. The van der Waals surface area contributed by atoms with Crippen LogP contribution in [0, 0.1) is 5.41 Å². The Balaban J connectivity index is 1.49. The largest absolute Gasteiger partial charge is 0.478 e. The fourth-order valence-electron chi connectivity index (χ4n) is 4.91. The Morgan fingerprint density at radius 2 is 1.71 bits per heavy atom. The number of carboxylic acid groups (broad SMARTS) is 1. The number of allylic oxidation sites excluding steroid dienone is 1. The van der Waals surface area contributed by atoms with Crippen LogP contribution in [0.25, 0.3) is 5.57 Å². The van der Waals surface area contributed by atoms with Gasteiger partial charge < -0.3 is 10.0 Å². The summed E-state index contributed by atoms with van der Waals surface area (Å²) in [5.74, 6) is -0.861. The second-order valence-electron chi connectivity index (χ2n) is 9.52. The van der Waals surface area contributed by atoms with Gasteiger partial charge in [0.1, 0.15) is 0 Å². The van der Waals surface area contributed by atoms with Gasteiger partial charge in [-0.3, -0.25) is 4.90 Å². The lowest BCUT2D eigenvalue weighted by molar-refractivity contribution is 0.0697. The third-order valence-corrected chi connectivity index (χ3v) is 6.88. The van der Waals surface area contributed by atoms with Crippen LogP contribution in [0.15, 0.2) is 54.1 Å². The summed E-state index contributed by atoms with van der Waals surface area (Å²) >= 11 is 6.12. The molecule has 0 unspecified atom stereocenters. The first-order valence-corrected chi connectivity index (χ1v) is 11.5. The third-order valence-electron chi connectivity index (χ3n) is 6.63. The summed E-state index contributed by atoms with van der Waals surface area (Å²) in [6, 6.07) is 15.6. The summed E-state index contributed by atoms with van der Waals surface area (Å²) in [6.07, 6.45) is 3.43. The van der Waals surface area contributed by atoms with E-state index in [4.69, 9.17) is 11.6 Å². The molecule has 0 spiro atoms. The van der Waals surface area contributed by atoms with E-state index < -0.39 is 5.97 Å². The summed E-state index contributed by atoms with van der Waals surface area (Å²) in [4.78, 5) is 16.3. The molecule has 31 heavy (non-hydrogen) atoms. The maximum absolute atomic E-state index is 11.6. The highest BCUT2D eigenvalue weighted by molar-refractivity contribution is 6.30. The highest BCUT2D eigenvalue weighted by Crippen LogP contribution is 2.42. The minimum absolute atomic E-state index is 0.327. The molecule has 0 atom stereocenters. The minimum Gasteiger partial charge on any atom is -0.478 e. The molecular formula is C26H31ClN2O2. The van der Waals surface area contributed by atoms with E-state index in [0.717, 1.165) is 56.3 Å². The number of hydrogen-bond donors (Lipinski definition) is 1. The molecule has 0 aromatic heterocycles. The van der Waals surface area contributed by atoms with Crippen LogP contribution in [-0.4, -0.2) is 48.7 Å². The molecule has 2 aromatic rings. The molecule has 1 saturated heterocycles. The Hall–Kier alpha value is -2.30. The van der Waals surface area contributed by atoms with E-state index in [2.05, 4.69) is 35.8 Å². The Morgan fingerprint density at radius 3 is 2.39 bits per heavy atom. The standard InChI is InChI=1S/C26H31ClN2O2/c1-26(2)12-11-22(19-7-9-21(27)10-8-19)20(17-26)18-28-13-15-29(16-14-28)24-6-4-3-5-23(24)25(30)31/h3-10H,11-18H2,1-2H3,(H,30,31). The Labute approximate surface area is 190 Å². The van der Waals surface area contributed by atoms with Gasteiger partial charge in [0.15, 0.2) is 0 Å². The van der Waals surface area contributed by atoms with Crippen molar-refractivity contribution in [1.82, 2.24) is 4.90 Å². The fraction of sp³-hybridized carbons (Fsp3) is 0.423. The van der Waals surface area contributed by atoms with E-state index in [1.807, 2.05) is 24.3 Å². The summed E-state index contributed by atoms with van der Waals surface area (Å²) in [6.45, 7) is 9.28. The number of hydrogen-bond acceptors (Lipinski definition) is 3. The van der Waals surface area contributed by atoms with Crippen molar-refractivity contribution in [2.24, 2.45) is 5.41 Å². The van der Waals surface area contributed by atoms with Crippen molar-refractivity contribution in [3.05, 3.63) is 70.3 Å². The quantitative estimate of drug-likeness (QED) is 0.638. The van der Waals surface area contributed by atoms with Gasteiger partial charge in [-0.25, -0.2) is 4.79 Å². The Kier molecular flexibility index (Phi) is 6.40. The predicted octanol–water partition coefficient (Wildman–Crippen LogP) is 5.82. The third kappa shape index (κ3) is 5.13. The lowest BCUT2D eigenvalue weighted by atomic mass is 9.73. The van der Waals surface area contributed by atoms with Gasteiger partial charge in [-0.15, -0.1) is 0 Å². The van der Waals surface area contributed by atoms with Crippen molar-refractivity contribution in [3.8, 4) is 0 Å². The van der Waals surface area contributed by atoms with Crippen molar-refractivity contribution in [2.75, 3.05) is 37.6 Å². The van der Waals surface area contributed by atoms with Gasteiger partial charge in [0.05, 0.1) is 11.3 Å². The van der Waals surface area contributed by atoms with E-state index in [9.17, 15) is 9.90 Å². The van der Waals surface area contributed by atoms with Gasteiger partial charge in [0, 0.05) is 37.7 Å². The molecule has 164 valence electrons. The number of carbonyl (C=O) groups is 1. The summed E-state index contributed by atoms with van der Waals surface area (Å²) in [7, 11) is 0. The average Bonchev–Trinajstić information content (AvgIpc) is 2.75. The van der Waals surface area contributed by atoms with Crippen molar-refractivity contribution in [3.63, 3.8) is 0 Å². The van der Waals surface area contributed by atoms with Crippen LogP contribution in [0.2, 0.25) is 5.02 Å². The molecule has 4 nitrogen and oxygen atoms in total. The first kappa shape index (κ1) is 21.9. The lowest BCUT2D eigenvalue weighted by Crippen LogP contribution is -2.47. The zero-order valence-electron chi connectivity index (χ0n) is 18.4. The van der Waals surface area contributed by atoms with E-state index >= 15 is 0 Å². The zero-order chi connectivity index (χ0) is 22.0. The van der Waals surface area contributed by atoms with Crippen molar-refractivity contribution in [2.45, 2.75) is 33.1 Å². The molecular weight excluding hydrogens is 408 g/mol. The summed E-state index contributed by atoms with van der Waals surface area (Å²) < 4.78 is 0. The number of aromatic carboxylic acids is 1. The maximum atomic E-state index is 11.6. The van der Waals surface area contributed by atoms with Crippen LogP contribution >= 0.6 is 11.6 Å². The molecule has 0 bridgehead atoms. The first-order valence-electron chi connectivity index (χ1n) is 11.1. The van der Waals surface area contributed by atoms with Crippen LogP contribution in [-0.2, 0) is 0 Å². The topological polar surface area (TPSA) is 43.8 Å². The number of para-hydroxylation sites is 1. The molecule has 4 rings (SSSR count). The predicted molar refractivity (Wildman–Crippen MR) is 128 cm³/mol. The molecule has 0 radical (unpaired) electrons. The average molecular weight is 439 g/mol. The molecule has 1 fully saturated rings. The Morgan fingerprint density at radius 1 is 1.03 bits per heavy atom. The van der Waals surface area contributed by atoms with E-state index in [-0.39, 0.29) is 0 Å². The van der Waals surface area contributed by atoms with Gasteiger partial charge in [-0.1, -0.05) is 55.3 Å². The SMILES string of the molecule is CC1(C)CCC(c2ccc(Cl)cc2)=C(CN2CCN(c3ccccc3C(=O)O)CC2)C1. The number of carboxylic acids is 1. The fourth-order valence-corrected chi connectivity index (χ4v) is 5.04. The summed E-state index contributed by atoms with van der Waals surface area (Å²) in [5, 5.41) is 10.3. The first-order chi connectivity index (χ1) is 14.8. The van der Waals surface area contributed by atoms with Crippen LogP contribution in [0.5, 0.6) is 0 Å². The maximum Gasteiger partial charge on any atom is 0.337 e. The number of anilines is 1. The van der Waals surface area contributed by atoms with Gasteiger partial charge >= 0.3 is 5.97 Å². The van der Waals surface area contributed by atoms with Crippen LogP contribution in [0.1, 0.15) is 49.0 Å². The van der Waals surface area contributed by atoms with Gasteiger partial charge in [0.2, 0.25) is 0 Å². The van der Waals surface area contributed by atoms with E-state index in [0.29, 0.717) is 11.0 Å². The molecule has 5 heteroatoms. The second-order valence-corrected chi connectivity index (χ2v) is 9.95. The van der Waals surface area contributed by atoms with Crippen LogP contribution in [0.3, 0.4) is 0 Å². The Bertz CT molecular complexity index is 973. The van der Waals surface area contributed by atoms with Crippen molar-refractivity contribution < 1.29 is 9.90 Å². The van der Waals surface area contributed by atoms with E-state index in [1.165, 1.54) is 23.1 Å². The smallest absolute Gasteiger partial charge is 0.337 e. The minimum atomic E-state index is -0.861. The van der Waals surface area contributed by atoms with Crippen molar-refractivity contribution >= 4 is 28.8 Å². The number of piperazine rings is 1. The second kappa shape index (κ2) is 9.05. The van der Waals surface area contributed by atoms with Crippen LogP contribution in [0.4, 0.5) is 5.69 Å². The monoisotopic (exact) mass is 438 g/mol. The highest BCUT2D eigenvalue weighted by atomic mass is 35.5. The molecule has 1 N–H and O–H groups in total. The number of rotatable bonds is 5. The normalized spacial score (nSPS) is 19.5. The molecule has 0 saturated carbocycles. The molecule has 1 aliphatic heterocycles. The van der Waals surface area contributed by atoms with Gasteiger partial charge in [0.25, 0.3) is 0 Å². The lowest BCUT2D eigenvalue weighted by Gasteiger charge is -2.40. The molecule has 2 aliphatic rings. The summed E-state index contributed by atoms with van der Waals surface area (Å²) in [5.41, 5.74) is 5.86. The zero-order valence-corrected chi connectivity index (χ0v) is 19.2. The number of halogens is 1. The van der Waals surface area contributed by atoms with Crippen LogP contribution < -0.4 is 4.90 Å². The highest BCUT2D eigenvalue weighted by Gasteiger charge is 2.29.